The number of nitrogens with two attached hydrogens (primary N) is 1. The molecule has 0 aliphatic rings. The van der Waals surface area contributed by atoms with Gasteiger partial charge in [0.25, 0.3) is 5.91 Å². The van der Waals surface area contributed by atoms with Gasteiger partial charge in [0.1, 0.15) is 6.10 Å². The maximum Gasteiger partial charge on any atom is 0.250 e. The first kappa shape index (κ1) is 18.0. The third kappa shape index (κ3) is 6.50. The van der Waals surface area contributed by atoms with E-state index in [4.69, 9.17) is 5.73 Å². The van der Waals surface area contributed by atoms with Crippen LogP contribution in [0.1, 0.15) is 25.8 Å². The van der Waals surface area contributed by atoms with Crippen LogP contribution in [0.2, 0.25) is 0 Å². The second kappa shape index (κ2) is 9.07. The Balaban J connectivity index is 2.52. The minimum atomic E-state index is -1.21. The molecule has 118 valence electrons. The molecule has 0 aromatic heterocycles. The van der Waals surface area contributed by atoms with Crippen LogP contribution < -0.4 is 11.1 Å². The van der Waals surface area contributed by atoms with E-state index in [0.29, 0.717) is 18.1 Å². The molecule has 0 saturated heterocycles. The standard InChI is InChI=1S/C16H26N2O2S/c1-11(2)8-13(10-21)18-16(20)15(19)14(17)9-12-6-4-3-5-7-12/h3-7,11,13-15,19,21H,8-10,17H2,1-2H3,(H,18,20). The van der Waals surface area contributed by atoms with Gasteiger partial charge in [-0.15, -0.1) is 0 Å². The predicted octanol–water partition coefficient (Wildman–Crippen LogP) is 1.38. The lowest BCUT2D eigenvalue weighted by atomic mass is 10.0. The topological polar surface area (TPSA) is 75.3 Å². The molecule has 3 unspecified atom stereocenters. The highest BCUT2D eigenvalue weighted by atomic mass is 32.1. The molecule has 4 nitrogen and oxygen atoms in total. The molecule has 4 N–H and O–H groups in total. The molecule has 0 spiro atoms. The summed E-state index contributed by atoms with van der Waals surface area (Å²) in [6.45, 7) is 4.17. The number of nitrogens with one attached hydrogen (secondary N) is 1. The van der Waals surface area contributed by atoms with Gasteiger partial charge < -0.3 is 16.2 Å². The summed E-state index contributed by atoms with van der Waals surface area (Å²) in [6, 6.07) is 8.94. The Morgan fingerprint density at radius 3 is 2.48 bits per heavy atom. The number of carbonyl (C=O) groups is 1. The van der Waals surface area contributed by atoms with Crippen molar-refractivity contribution in [2.75, 3.05) is 5.75 Å². The lowest BCUT2D eigenvalue weighted by Gasteiger charge is -2.23. The third-order valence-corrected chi connectivity index (χ3v) is 3.75. The molecule has 3 atom stereocenters. The second-order valence-electron chi connectivity index (χ2n) is 5.82. The number of aliphatic hydroxyl groups excluding tert-OH is 1. The van der Waals surface area contributed by atoms with Gasteiger partial charge in [-0.2, -0.15) is 12.6 Å². The summed E-state index contributed by atoms with van der Waals surface area (Å²) in [5.74, 6) is 0.584. The molecule has 0 aliphatic carbocycles. The average Bonchev–Trinajstić information content (AvgIpc) is 2.46. The van der Waals surface area contributed by atoms with E-state index >= 15 is 0 Å². The Kier molecular flexibility index (Phi) is 7.78. The first-order valence-electron chi connectivity index (χ1n) is 7.32. The molecular formula is C16H26N2O2S. The fourth-order valence-corrected chi connectivity index (χ4v) is 2.47. The van der Waals surface area contributed by atoms with Gasteiger partial charge in [0.2, 0.25) is 0 Å². The Hall–Kier alpha value is -1.04. The zero-order chi connectivity index (χ0) is 15.8. The second-order valence-corrected chi connectivity index (χ2v) is 6.18. The predicted molar refractivity (Wildman–Crippen MR) is 89.4 cm³/mol. The van der Waals surface area contributed by atoms with Crippen LogP contribution in [0, 0.1) is 5.92 Å². The number of aliphatic hydroxyl groups is 1. The van der Waals surface area contributed by atoms with Gasteiger partial charge in [0.05, 0.1) is 0 Å². The van der Waals surface area contributed by atoms with E-state index < -0.39 is 18.1 Å². The zero-order valence-electron chi connectivity index (χ0n) is 12.7. The first-order chi connectivity index (χ1) is 9.93. The Bertz CT molecular complexity index is 426. The van der Waals surface area contributed by atoms with Crippen molar-refractivity contribution in [2.45, 2.75) is 44.9 Å². The molecule has 1 aromatic rings. The number of benzene rings is 1. The molecule has 0 saturated carbocycles. The van der Waals surface area contributed by atoms with Crippen molar-refractivity contribution in [1.82, 2.24) is 5.32 Å². The van der Waals surface area contributed by atoms with Gasteiger partial charge in [-0.05, 0) is 24.3 Å². The highest BCUT2D eigenvalue weighted by molar-refractivity contribution is 7.80. The molecule has 5 heteroatoms. The molecular weight excluding hydrogens is 284 g/mol. The number of hydrogen-bond acceptors (Lipinski definition) is 4. The summed E-state index contributed by atoms with van der Waals surface area (Å²) >= 11 is 4.24. The van der Waals surface area contributed by atoms with E-state index in [2.05, 4.69) is 31.8 Å². The van der Waals surface area contributed by atoms with Gasteiger partial charge in [-0.1, -0.05) is 44.2 Å². The summed E-state index contributed by atoms with van der Waals surface area (Å²) in [5.41, 5.74) is 6.94. The van der Waals surface area contributed by atoms with Gasteiger partial charge in [0.15, 0.2) is 0 Å². The smallest absolute Gasteiger partial charge is 0.250 e. The molecule has 0 aliphatic heterocycles. The molecule has 0 heterocycles. The minimum Gasteiger partial charge on any atom is -0.382 e. The molecule has 0 radical (unpaired) electrons. The van der Waals surface area contributed by atoms with Crippen molar-refractivity contribution in [3.05, 3.63) is 35.9 Å². The fourth-order valence-electron chi connectivity index (χ4n) is 2.23. The zero-order valence-corrected chi connectivity index (χ0v) is 13.6. The molecule has 1 aromatic carbocycles. The van der Waals surface area contributed by atoms with E-state index in [1.807, 2.05) is 30.3 Å². The van der Waals surface area contributed by atoms with Crippen LogP contribution >= 0.6 is 12.6 Å². The monoisotopic (exact) mass is 310 g/mol. The Morgan fingerprint density at radius 1 is 1.33 bits per heavy atom. The van der Waals surface area contributed by atoms with E-state index in [1.165, 1.54) is 0 Å². The Morgan fingerprint density at radius 2 is 1.95 bits per heavy atom. The lowest BCUT2D eigenvalue weighted by molar-refractivity contribution is -0.131. The van der Waals surface area contributed by atoms with Crippen molar-refractivity contribution < 1.29 is 9.90 Å². The summed E-state index contributed by atoms with van der Waals surface area (Å²) < 4.78 is 0. The van der Waals surface area contributed by atoms with Crippen LogP contribution in [0.15, 0.2) is 30.3 Å². The van der Waals surface area contributed by atoms with E-state index in [1.54, 1.807) is 0 Å². The number of hydrogen-bond donors (Lipinski definition) is 4. The van der Waals surface area contributed by atoms with Crippen LogP contribution in [0.4, 0.5) is 0 Å². The van der Waals surface area contributed by atoms with Crippen LogP contribution in [-0.4, -0.2) is 35.0 Å². The van der Waals surface area contributed by atoms with Crippen molar-refractivity contribution in [2.24, 2.45) is 11.7 Å². The number of amides is 1. The van der Waals surface area contributed by atoms with Gasteiger partial charge >= 0.3 is 0 Å². The summed E-state index contributed by atoms with van der Waals surface area (Å²) in [6.07, 6.45) is 0.0841. The maximum atomic E-state index is 12.1. The highest BCUT2D eigenvalue weighted by Gasteiger charge is 2.25. The maximum absolute atomic E-state index is 12.1. The molecule has 21 heavy (non-hydrogen) atoms. The third-order valence-electron chi connectivity index (χ3n) is 3.31. The van der Waals surface area contributed by atoms with Crippen molar-refractivity contribution >= 4 is 18.5 Å². The van der Waals surface area contributed by atoms with Crippen molar-refractivity contribution in [3.8, 4) is 0 Å². The van der Waals surface area contributed by atoms with Crippen LogP contribution in [-0.2, 0) is 11.2 Å². The van der Waals surface area contributed by atoms with E-state index in [9.17, 15) is 9.90 Å². The first-order valence-corrected chi connectivity index (χ1v) is 7.96. The van der Waals surface area contributed by atoms with Gasteiger partial charge in [-0.25, -0.2) is 0 Å². The fraction of sp³-hybridized carbons (Fsp3) is 0.562. The average molecular weight is 310 g/mol. The van der Waals surface area contributed by atoms with Crippen LogP contribution in [0.5, 0.6) is 0 Å². The number of carbonyl (C=O) groups excluding carboxylic acids is 1. The lowest BCUT2D eigenvalue weighted by Crippen LogP contribution is -2.50. The largest absolute Gasteiger partial charge is 0.382 e. The van der Waals surface area contributed by atoms with Crippen LogP contribution in [0.25, 0.3) is 0 Å². The SMILES string of the molecule is CC(C)CC(CS)NC(=O)C(O)C(N)Cc1ccccc1. The number of thiol groups is 1. The highest BCUT2D eigenvalue weighted by Crippen LogP contribution is 2.08. The molecule has 1 rings (SSSR count). The van der Waals surface area contributed by atoms with Crippen molar-refractivity contribution in [3.63, 3.8) is 0 Å². The van der Waals surface area contributed by atoms with Gasteiger partial charge in [0, 0.05) is 17.8 Å². The van der Waals surface area contributed by atoms with Crippen molar-refractivity contribution in [1.29, 1.82) is 0 Å². The molecule has 1 amide bonds. The molecule has 0 bridgehead atoms. The summed E-state index contributed by atoms with van der Waals surface area (Å²) in [5, 5.41) is 12.9. The van der Waals surface area contributed by atoms with Crippen LogP contribution in [0.3, 0.4) is 0 Å². The minimum absolute atomic E-state index is 0.0422. The van der Waals surface area contributed by atoms with E-state index in [0.717, 1.165) is 12.0 Å². The normalized spacial score (nSPS) is 15.5. The number of rotatable bonds is 8. The quantitative estimate of drug-likeness (QED) is 0.548. The molecule has 0 fully saturated rings. The Labute approximate surface area is 132 Å². The van der Waals surface area contributed by atoms with Gasteiger partial charge in [-0.3, -0.25) is 4.79 Å². The summed E-state index contributed by atoms with van der Waals surface area (Å²) in [4.78, 5) is 12.1. The summed E-state index contributed by atoms with van der Waals surface area (Å²) in [7, 11) is 0. The van der Waals surface area contributed by atoms with E-state index in [-0.39, 0.29) is 6.04 Å².